The lowest BCUT2D eigenvalue weighted by Gasteiger charge is -2.41. The lowest BCUT2D eigenvalue weighted by Crippen LogP contribution is -2.49. The fourth-order valence-corrected chi connectivity index (χ4v) is 5.30. The largest absolute Gasteiger partial charge is 0.379 e. The second-order valence-electron chi connectivity index (χ2n) is 9.33. The van der Waals surface area contributed by atoms with Gasteiger partial charge in [0.1, 0.15) is 0 Å². The molecule has 0 saturated carbocycles. The van der Waals surface area contributed by atoms with E-state index in [1.807, 2.05) is 37.3 Å². The Labute approximate surface area is 217 Å². The highest BCUT2D eigenvalue weighted by Crippen LogP contribution is 2.30. The quantitative estimate of drug-likeness (QED) is 0.509. The van der Waals surface area contributed by atoms with Crippen molar-refractivity contribution in [1.82, 2.24) is 14.7 Å². The highest BCUT2D eigenvalue weighted by molar-refractivity contribution is 6.30. The summed E-state index contributed by atoms with van der Waals surface area (Å²) in [4.78, 5) is 18.1. The molecule has 2 fully saturated rings. The van der Waals surface area contributed by atoms with Crippen molar-refractivity contribution >= 4 is 35.0 Å². The number of nitrogens with zero attached hydrogens (tertiary/aromatic N) is 4. The van der Waals surface area contributed by atoms with Gasteiger partial charge in [0.05, 0.1) is 36.4 Å². The molecule has 3 heterocycles. The Hall–Kier alpha value is -3.13. The summed E-state index contributed by atoms with van der Waals surface area (Å²) in [5, 5.41) is 8.09. The van der Waals surface area contributed by atoms with Crippen LogP contribution in [-0.4, -0.2) is 66.0 Å². The summed E-state index contributed by atoms with van der Waals surface area (Å²) in [5.41, 5.74) is 5.06. The monoisotopic (exact) mass is 505 g/mol. The van der Waals surface area contributed by atoms with Crippen LogP contribution in [0.5, 0.6) is 0 Å². The van der Waals surface area contributed by atoms with E-state index < -0.39 is 0 Å². The molecule has 1 N–H and O–H groups in total. The van der Waals surface area contributed by atoms with Crippen LogP contribution in [0.2, 0.25) is 5.02 Å². The first-order valence-corrected chi connectivity index (χ1v) is 12.9. The molecular weight excluding hydrogens is 474 g/mol. The molecule has 3 aromatic rings. The number of hydrogen-bond donors (Lipinski definition) is 1. The minimum absolute atomic E-state index is 0.193. The molecule has 188 valence electrons. The van der Waals surface area contributed by atoms with Gasteiger partial charge < -0.3 is 15.0 Å². The minimum atomic E-state index is -0.193. The molecule has 7 nitrogen and oxygen atoms in total. The lowest BCUT2D eigenvalue weighted by molar-refractivity contribution is 0.0115. The average molecular weight is 506 g/mol. The third-order valence-corrected chi connectivity index (χ3v) is 7.45. The van der Waals surface area contributed by atoms with Crippen LogP contribution in [0.3, 0.4) is 0 Å². The van der Waals surface area contributed by atoms with E-state index in [4.69, 9.17) is 16.3 Å². The van der Waals surface area contributed by atoms with Crippen molar-refractivity contribution in [3.8, 4) is 5.69 Å². The van der Waals surface area contributed by atoms with Gasteiger partial charge in [-0.2, -0.15) is 5.10 Å². The van der Waals surface area contributed by atoms with Gasteiger partial charge in [-0.05, 0) is 67.8 Å². The smallest absolute Gasteiger partial charge is 0.259 e. The Morgan fingerprint density at radius 3 is 2.53 bits per heavy atom. The Morgan fingerprint density at radius 2 is 1.83 bits per heavy atom. The number of aromatic nitrogens is 2. The number of nitrogens with one attached hydrogen (secondary N) is 1. The topological polar surface area (TPSA) is 62.6 Å². The summed E-state index contributed by atoms with van der Waals surface area (Å²) >= 11 is 6.00. The predicted molar refractivity (Wildman–Crippen MR) is 145 cm³/mol. The zero-order valence-corrected chi connectivity index (χ0v) is 21.4. The number of morpholine rings is 1. The Bertz CT molecular complexity index is 1230. The second kappa shape index (κ2) is 10.9. The summed E-state index contributed by atoms with van der Waals surface area (Å²) in [6, 6.07) is 14.0. The van der Waals surface area contributed by atoms with E-state index in [-0.39, 0.29) is 5.91 Å². The maximum Gasteiger partial charge on any atom is 0.259 e. The molecule has 36 heavy (non-hydrogen) atoms. The van der Waals surface area contributed by atoms with E-state index in [9.17, 15) is 4.79 Å². The molecule has 8 heteroatoms. The fourth-order valence-electron chi connectivity index (χ4n) is 5.17. The van der Waals surface area contributed by atoms with Crippen LogP contribution in [0.1, 0.15) is 34.5 Å². The van der Waals surface area contributed by atoms with Crippen LogP contribution >= 0.6 is 11.6 Å². The highest BCUT2D eigenvalue weighted by Gasteiger charge is 2.26. The van der Waals surface area contributed by atoms with Crippen LogP contribution in [0.25, 0.3) is 11.8 Å². The standard InChI is InChI=1S/C28H32ClN5O2/c1-3-21-18-23(6-9-27(21)33-12-10-24(11-13-33)32-14-16-36-17-15-32)31-28(35)26-19-30-34(20(26)2)25-7-4-22(29)5-8-25/h3-9,18-19,24H,1,10-17H2,2H3,(H,31,35). The first-order chi connectivity index (χ1) is 17.5. The molecule has 1 aromatic heterocycles. The molecule has 0 atom stereocenters. The Kier molecular flexibility index (Phi) is 7.41. The number of halogens is 1. The summed E-state index contributed by atoms with van der Waals surface area (Å²) in [5.74, 6) is -0.193. The molecule has 0 bridgehead atoms. The van der Waals surface area contributed by atoms with Gasteiger partial charge >= 0.3 is 0 Å². The summed E-state index contributed by atoms with van der Waals surface area (Å²) < 4.78 is 7.25. The van der Waals surface area contributed by atoms with Crippen LogP contribution in [0.4, 0.5) is 11.4 Å². The first-order valence-electron chi connectivity index (χ1n) is 12.5. The van der Waals surface area contributed by atoms with Gasteiger partial charge in [0, 0.05) is 48.6 Å². The SMILES string of the molecule is C=Cc1cc(NC(=O)c2cnn(-c3ccc(Cl)cc3)c2C)ccc1N1CCC(N2CCOCC2)CC1. The van der Waals surface area contributed by atoms with Crippen molar-refractivity contribution in [2.24, 2.45) is 0 Å². The number of ether oxygens (including phenoxy) is 1. The normalized spacial score (nSPS) is 17.2. The number of benzene rings is 2. The zero-order valence-electron chi connectivity index (χ0n) is 20.6. The summed E-state index contributed by atoms with van der Waals surface area (Å²) in [6.07, 6.45) is 5.75. The van der Waals surface area contributed by atoms with E-state index in [0.29, 0.717) is 16.6 Å². The van der Waals surface area contributed by atoms with Crippen LogP contribution in [0, 0.1) is 6.92 Å². The summed E-state index contributed by atoms with van der Waals surface area (Å²) in [6.45, 7) is 11.7. The molecule has 0 radical (unpaired) electrons. The van der Waals surface area contributed by atoms with Gasteiger partial charge in [0.2, 0.25) is 0 Å². The predicted octanol–water partition coefficient (Wildman–Crippen LogP) is 5.03. The number of rotatable bonds is 6. The molecule has 1 amide bonds. The lowest BCUT2D eigenvalue weighted by atomic mass is 10.0. The number of piperidine rings is 1. The van der Waals surface area contributed by atoms with Gasteiger partial charge in [-0.25, -0.2) is 4.68 Å². The molecule has 2 aromatic carbocycles. The van der Waals surface area contributed by atoms with Crippen molar-refractivity contribution in [2.45, 2.75) is 25.8 Å². The molecule has 0 spiro atoms. The third-order valence-electron chi connectivity index (χ3n) is 7.20. The number of amides is 1. The van der Waals surface area contributed by atoms with Gasteiger partial charge in [-0.3, -0.25) is 9.69 Å². The van der Waals surface area contributed by atoms with Crippen molar-refractivity contribution in [1.29, 1.82) is 0 Å². The zero-order chi connectivity index (χ0) is 25.1. The third kappa shape index (κ3) is 5.19. The maximum atomic E-state index is 13.1. The van der Waals surface area contributed by atoms with E-state index in [1.165, 1.54) is 0 Å². The first kappa shape index (κ1) is 24.6. The fraction of sp³-hybridized carbons (Fsp3) is 0.357. The average Bonchev–Trinajstić information content (AvgIpc) is 3.31. The number of carbonyl (C=O) groups excluding carboxylic acids is 1. The minimum Gasteiger partial charge on any atom is -0.379 e. The van der Waals surface area contributed by atoms with Gasteiger partial charge in [0.25, 0.3) is 5.91 Å². The van der Waals surface area contributed by atoms with Crippen molar-refractivity contribution in [3.05, 3.63) is 77.1 Å². The van der Waals surface area contributed by atoms with Gasteiger partial charge in [-0.15, -0.1) is 0 Å². The van der Waals surface area contributed by atoms with Crippen molar-refractivity contribution < 1.29 is 9.53 Å². The highest BCUT2D eigenvalue weighted by atomic mass is 35.5. The molecule has 0 unspecified atom stereocenters. The number of anilines is 2. The molecular formula is C28H32ClN5O2. The molecule has 2 aliphatic heterocycles. The molecule has 5 rings (SSSR count). The Balaban J connectivity index is 1.26. The van der Waals surface area contributed by atoms with Gasteiger partial charge in [-0.1, -0.05) is 24.3 Å². The molecule has 0 aliphatic carbocycles. The van der Waals surface area contributed by atoms with Crippen LogP contribution in [0.15, 0.2) is 55.2 Å². The summed E-state index contributed by atoms with van der Waals surface area (Å²) in [7, 11) is 0. The van der Waals surface area contributed by atoms with E-state index in [2.05, 4.69) is 32.9 Å². The van der Waals surface area contributed by atoms with Crippen molar-refractivity contribution in [2.75, 3.05) is 49.6 Å². The van der Waals surface area contributed by atoms with Crippen molar-refractivity contribution in [3.63, 3.8) is 0 Å². The maximum absolute atomic E-state index is 13.1. The van der Waals surface area contributed by atoms with E-state index >= 15 is 0 Å². The Morgan fingerprint density at radius 1 is 1.11 bits per heavy atom. The number of carbonyl (C=O) groups is 1. The van der Waals surface area contributed by atoms with E-state index in [1.54, 1.807) is 23.0 Å². The van der Waals surface area contributed by atoms with Crippen LogP contribution < -0.4 is 10.2 Å². The number of hydrogen-bond acceptors (Lipinski definition) is 5. The molecule has 2 aliphatic rings. The second-order valence-corrected chi connectivity index (χ2v) is 9.77. The van der Waals surface area contributed by atoms with E-state index in [0.717, 1.165) is 80.6 Å². The van der Waals surface area contributed by atoms with Gasteiger partial charge in [0.15, 0.2) is 0 Å². The van der Waals surface area contributed by atoms with Crippen LogP contribution in [-0.2, 0) is 4.74 Å². The molecule has 2 saturated heterocycles.